The summed E-state index contributed by atoms with van der Waals surface area (Å²) in [6.07, 6.45) is -1.71. The van der Waals surface area contributed by atoms with E-state index in [2.05, 4.69) is 19.4 Å². The molecule has 1 rings (SSSR count). The van der Waals surface area contributed by atoms with Gasteiger partial charge in [0.05, 0.1) is 0 Å². The van der Waals surface area contributed by atoms with Gasteiger partial charge in [-0.05, 0) is 0 Å². The van der Waals surface area contributed by atoms with E-state index in [1.807, 2.05) is 0 Å². The molecule has 0 aliphatic heterocycles. The molecule has 3 N–H and O–H groups in total. The van der Waals surface area contributed by atoms with Crippen LogP contribution >= 0.6 is 0 Å². The van der Waals surface area contributed by atoms with Gasteiger partial charge in [0.1, 0.15) is 0 Å². The molecule has 1 heterocycles. The number of hydrogen-bond donors (Lipinski definition) is 3. The molecule has 1 aromatic rings. The number of hydrogen-bond acceptors (Lipinski definition) is 10. The summed E-state index contributed by atoms with van der Waals surface area (Å²) in [6, 6.07) is 0. The molecule has 122 valence electrons. The minimum atomic E-state index is -1.83. The Labute approximate surface area is 132 Å². The molecular formula is C9H6B2FN5O7. The van der Waals surface area contributed by atoms with Gasteiger partial charge in [-0.15, -0.1) is 0 Å². The van der Waals surface area contributed by atoms with E-state index < -0.39 is 46.7 Å². The molecule has 0 unspecified atom stereocenters. The second-order valence-electron chi connectivity index (χ2n) is 3.62. The third-order valence-electron chi connectivity index (χ3n) is 2.05. The van der Waals surface area contributed by atoms with Crippen LogP contribution in [0.15, 0.2) is 14.6 Å². The predicted octanol–water partition coefficient (Wildman–Crippen LogP) is -1.49. The monoisotopic (exact) mass is 337 g/mol. The van der Waals surface area contributed by atoms with Crippen LogP contribution < -0.4 is 16.0 Å². The number of aromatic nitrogens is 2. The first-order chi connectivity index (χ1) is 11.2. The molecule has 12 nitrogen and oxygen atoms in total. The third kappa shape index (κ3) is 4.31. The van der Waals surface area contributed by atoms with Gasteiger partial charge in [-0.1, -0.05) is 0 Å². The van der Waals surface area contributed by atoms with Crippen molar-refractivity contribution in [2.45, 2.75) is 6.82 Å². The first-order valence-corrected chi connectivity index (χ1v) is 5.75. The third-order valence-corrected chi connectivity index (χ3v) is 2.05. The molecule has 0 saturated heterocycles. The van der Waals surface area contributed by atoms with E-state index in [1.165, 1.54) is 6.82 Å². The van der Waals surface area contributed by atoms with Crippen LogP contribution in [0.25, 0.3) is 0 Å². The molecule has 24 heavy (non-hydrogen) atoms. The number of nitrogens with one attached hydrogen (secondary N) is 3. The van der Waals surface area contributed by atoms with Gasteiger partial charge in [-0.3, -0.25) is 5.41 Å². The van der Waals surface area contributed by atoms with Crippen molar-refractivity contribution in [2.75, 3.05) is 0 Å². The van der Waals surface area contributed by atoms with Crippen LogP contribution in [0.4, 0.5) is 9.18 Å². The van der Waals surface area contributed by atoms with Gasteiger partial charge in [-0.2, -0.15) is 0 Å². The first-order valence-electron chi connectivity index (χ1n) is 5.75. The number of halogens is 1. The Morgan fingerprint density at radius 1 is 1.38 bits per heavy atom. The Kier molecular flexibility index (Phi) is 6.03. The van der Waals surface area contributed by atoms with Crippen molar-refractivity contribution >= 4 is 38.7 Å². The number of H-pyrrole nitrogens is 1. The van der Waals surface area contributed by atoms with Crippen molar-refractivity contribution in [3.05, 3.63) is 26.7 Å². The summed E-state index contributed by atoms with van der Waals surface area (Å²) in [5.74, 6) is -7.04. The number of carbonyl (C=O) groups is 2. The zero-order valence-electron chi connectivity index (χ0n) is 11.8. The normalized spacial score (nSPS) is 9.92. The average molecular weight is 337 g/mol. The number of ether oxygens (including phenoxy) is 2. The van der Waals surface area contributed by atoms with Crippen LogP contribution in [0.2, 0.25) is 6.82 Å². The Morgan fingerprint density at radius 2 is 2.00 bits per heavy atom. The quantitative estimate of drug-likeness (QED) is 0.193. The maximum absolute atomic E-state index is 13.8. The average Bonchev–Trinajstić information content (AvgIpc) is 2.48. The Hall–Kier alpha value is -3.38. The number of rotatable bonds is 2. The molecule has 0 atom stereocenters. The van der Waals surface area contributed by atoms with E-state index in [1.54, 1.807) is 4.98 Å². The first kappa shape index (κ1) is 18.7. The zero-order chi connectivity index (χ0) is 18.4. The molecule has 0 aliphatic carbocycles. The van der Waals surface area contributed by atoms with Crippen LogP contribution in [-0.4, -0.2) is 48.2 Å². The topological polar surface area (TPSA) is 177 Å². The molecule has 0 bridgehead atoms. The van der Waals surface area contributed by atoms with Crippen LogP contribution in [0.1, 0.15) is 0 Å². The summed E-state index contributed by atoms with van der Waals surface area (Å²) in [6.45, 7) is 1.38. The number of aromatic amines is 1. The molecule has 1 aromatic heterocycles. The van der Waals surface area contributed by atoms with Crippen molar-refractivity contribution in [1.29, 1.82) is 10.8 Å². The van der Waals surface area contributed by atoms with Crippen molar-refractivity contribution < 1.29 is 28.3 Å². The Bertz CT molecular complexity index is 861. The Morgan fingerprint density at radius 3 is 2.54 bits per heavy atom. The summed E-state index contributed by atoms with van der Waals surface area (Å²) >= 11 is 0. The maximum atomic E-state index is 13.8. The molecular weight excluding hydrogens is 331 g/mol. The SMILES string of the molecule is [B]C(=N)OC(=O)Oc1[nH]c(=O)n(C(=N)C(=O)ON=BC)c(=O)c1F. The molecule has 0 aliphatic rings. The number of nitrogens with zero attached hydrogens (tertiary/aromatic N) is 2. The molecule has 0 saturated carbocycles. The summed E-state index contributed by atoms with van der Waals surface area (Å²) in [5, 5.41) is 17.0. The van der Waals surface area contributed by atoms with Gasteiger partial charge >= 0.3 is 118 Å². The van der Waals surface area contributed by atoms with Crippen molar-refractivity contribution in [2.24, 2.45) is 5.06 Å². The second-order valence-corrected chi connectivity index (χ2v) is 3.62. The fraction of sp³-hybridized carbons (Fsp3) is 0.111. The van der Waals surface area contributed by atoms with Crippen LogP contribution in [0, 0.1) is 16.6 Å². The van der Waals surface area contributed by atoms with Crippen LogP contribution in [-0.2, 0) is 14.4 Å². The van der Waals surface area contributed by atoms with Gasteiger partial charge in [0.2, 0.25) is 0 Å². The van der Waals surface area contributed by atoms with Crippen LogP contribution in [0.5, 0.6) is 5.88 Å². The van der Waals surface area contributed by atoms with Gasteiger partial charge in [0, 0.05) is 0 Å². The minimum absolute atomic E-state index is 0.216. The van der Waals surface area contributed by atoms with Crippen molar-refractivity contribution in [1.82, 2.24) is 9.55 Å². The summed E-state index contributed by atoms with van der Waals surface area (Å²) in [5.41, 5.74) is -3.28. The summed E-state index contributed by atoms with van der Waals surface area (Å²) in [4.78, 5) is 51.5. The molecule has 0 amide bonds. The van der Waals surface area contributed by atoms with E-state index in [-0.39, 0.29) is 4.57 Å². The molecule has 0 fully saturated rings. The van der Waals surface area contributed by atoms with Crippen molar-refractivity contribution in [3.63, 3.8) is 0 Å². The standard InChI is InChI=1S/C9H6B2FN5O7/c1-11-16-24-6(19)3(13)17-5(18)2(12)4(15-8(17)20)22-9(21)23-7(10)14/h13-14H,1H3,(H,15,20). The fourth-order valence-corrected chi connectivity index (χ4v) is 1.20. The summed E-state index contributed by atoms with van der Waals surface area (Å²) in [7, 11) is 5.76. The van der Waals surface area contributed by atoms with E-state index in [0.717, 1.165) is 7.07 Å². The van der Waals surface area contributed by atoms with Gasteiger partial charge in [0.15, 0.2) is 7.85 Å². The second kappa shape index (κ2) is 7.75. The Balaban J connectivity index is 3.23. The van der Waals surface area contributed by atoms with Crippen molar-refractivity contribution in [3.8, 4) is 5.88 Å². The zero-order valence-corrected chi connectivity index (χ0v) is 11.8. The van der Waals surface area contributed by atoms with E-state index in [0.29, 0.717) is 0 Å². The predicted molar refractivity (Wildman–Crippen MR) is 75.1 cm³/mol. The molecule has 0 aromatic carbocycles. The van der Waals surface area contributed by atoms with E-state index in [9.17, 15) is 23.6 Å². The van der Waals surface area contributed by atoms with Gasteiger partial charge < -0.3 is 0 Å². The molecule has 2 radical (unpaired) electrons. The van der Waals surface area contributed by atoms with E-state index in [4.69, 9.17) is 18.7 Å². The van der Waals surface area contributed by atoms with Gasteiger partial charge in [-0.25, -0.2) is 0 Å². The fourth-order valence-electron chi connectivity index (χ4n) is 1.20. The van der Waals surface area contributed by atoms with E-state index >= 15 is 0 Å². The van der Waals surface area contributed by atoms with Crippen LogP contribution in [0.3, 0.4) is 0 Å². The summed E-state index contributed by atoms with van der Waals surface area (Å²) < 4.78 is 21.7. The van der Waals surface area contributed by atoms with Gasteiger partial charge in [0.25, 0.3) is 0 Å². The number of carbonyl (C=O) groups excluding carboxylic acids is 2. The molecule has 0 spiro atoms. The molecule has 15 heteroatoms.